The zero-order valence-corrected chi connectivity index (χ0v) is 11.8. The highest BCUT2D eigenvalue weighted by Gasteiger charge is 2.25. The summed E-state index contributed by atoms with van der Waals surface area (Å²) in [5.74, 6) is 0.0715. The van der Waals surface area contributed by atoms with Gasteiger partial charge in [-0.25, -0.2) is 4.79 Å². The van der Waals surface area contributed by atoms with Crippen LogP contribution in [0, 0.1) is 0 Å². The number of carbonyl (C=O) groups is 2. The summed E-state index contributed by atoms with van der Waals surface area (Å²) in [7, 11) is 0. The first-order valence-corrected chi connectivity index (χ1v) is 7.09. The molecule has 0 aliphatic carbocycles. The number of hydrogen-bond acceptors (Lipinski definition) is 2. The first-order chi connectivity index (χ1) is 9.61. The molecule has 1 saturated heterocycles. The van der Waals surface area contributed by atoms with Crippen LogP contribution in [0.1, 0.15) is 43.0 Å². The van der Waals surface area contributed by atoms with Crippen LogP contribution in [0.5, 0.6) is 0 Å². The molecule has 0 radical (unpaired) electrons. The van der Waals surface area contributed by atoms with Crippen molar-refractivity contribution >= 4 is 17.6 Å². The molecule has 1 aromatic rings. The highest BCUT2D eigenvalue weighted by Crippen LogP contribution is 2.22. The lowest BCUT2D eigenvalue weighted by Crippen LogP contribution is -2.43. The molecule has 0 spiro atoms. The molecule has 0 bridgehead atoms. The molecule has 0 saturated carbocycles. The summed E-state index contributed by atoms with van der Waals surface area (Å²) in [5.41, 5.74) is 6.30. The maximum absolute atomic E-state index is 12.5. The number of anilines is 1. The van der Waals surface area contributed by atoms with Crippen LogP contribution in [0.4, 0.5) is 10.5 Å². The quantitative estimate of drug-likeness (QED) is 0.889. The van der Waals surface area contributed by atoms with Gasteiger partial charge in [-0.05, 0) is 49.9 Å². The van der Waals surface area contributed by atoms with Crippen molar-refractivity contribution in [1.82, 2.24) is 4.90 Å². The molecule has 3 amide bonds. The normalized spacial score (nSPS) is 18.6. The first-order valence-electron chi connectivity index (χ1n) is 7.09. The Balaban J connectivity index is 2.09. The van der Waals surface area contributed by atoms with Crippen LogP contribution in [0.25, 0.3) is 0 Å². The van der Waals surface area contributed by atoms with Crippen molar-refractivity contribution in [2.24, 2.45) is 5.73 Å². The minimum Gasteiger partial charge on any atom is -0.351 e. The Morgan fingerprint density at radius 3 is 2.60 bits per heavy atom. The third-order valence-corrected chi connectivity index (χ3v) is 3.76. The highest BCUT2D eigenvalue weighted by molar-refractivity contribution is 5.95. The van der Waals surface area contributed by atoms with E-state index in [1.807, 2.05) is 4.90 Å². The van der Waals surface area contributed by atoms with Gasteiger partial charge in [-0.15, -0.1) is 0 Å². The molecule has 0 aromatic heterocycles. The maximum Gasteiger partial charge on any atom is 0.316 e. The van der Waals surface area contributed by atoms with Crippen molar-refractivity contribution in [3.05, 3.63) is 29.8 Å². The summed E-state index contributed by atoms with van der Waals surface area (Å²) >= 11 is 0. The Bertz CT molecular complexity index is 484. The fraction of sp³-hybridized carbons (Fsp3) is 0.467. The molecule has 3 N–H and O–H groups in total. The molecule has 20 heavy (non-hydrogen) atoms. The molecule has 1 fully saturated rings. The van der Waals surface area contributed by atoms with Crippen LogP contribution in [0.15, 0.2) is 24.3 Å². The van der Waals surface area contributed by atoms with E-state index in [2.05, 4.69) is 12.2 Å². The van der Waals surface area contributed by atoms with Crippen LogP contribution in [-0.4, -0.2) is 29.4 Å². The van der Waals surface area contributed by atoms with Gasteiger partial charge in [0.2, 0.25) is 0 Å². The Hall–Kier alpha value is -2.04. The van der Waals surface area contributed by atoms with Crippen LogP contribution in [-0.2, 0) is 0 Å². The number of carbonyl (C=O) groups excluding carboxylic acids is 2. The average Bonchev–Trinajstić information content (AvgIpc) is 2.46. The number of piperidine rings is 1. The lowest BCUT2D eigenvalue weighted by molar-refractivity contribution is 0.0608. The standard InChI is InChI=1S/C15H21N3O2/c1-2-13-5-3-4-10-18(13)14(19)11-6-8-12(9-7-11)17-15(16)20/h6-9,13H,2-5,10H2,1H3,(H3,16,17,20). The zero-order valence-electron chi connectivity index (χ0n) is 11.8. The number of urea groups is 1. The van der Waals surface area contributed by atoms with Crippen molar-refractivity contribution in [1.29, 1.82) is 0 Å². The summed E-state index contributed by atoms with van der Waals surface area (Å²) in [5, 5.41) is 2.48. The van der Waals surface area contributed by atoms with E-state index < -0.39 is 6.03 Å². The Morgan fingerprint density at radius 1 is 1.30 bits per heavy atom. The summed E-state index contributed by atoms with van der Waals surface area (Å²) in [4.78, 5) is 25.2. The van der Waals surface area contributed by atoms with Gasteiger partial charge in [-0.3, -0.25) is 4.79 Å². The molecule has 1 aliphatic rings. The molecule has 1 atom stereocenters. The van der Waals surface area contributed by atoms with E-state index in [4.69, 9.17) is 5.73 Å². The molecule has 1 aromatic carbocycles. The van der Waals surface area contributed by atoms with E-state index in [0.29, 0.717) is 17.3 Å². The van der Waals surface area contributed by atoms with Gasteiger partial charge in [0, 0.05) is 23.8 Å². The largest absolute Gasteiger partial charge is 0.351 e. The van der Waals surface area contributed by atoms with Gasteiger partial charge < -0.3 is 16.0 Å². The Labute approximate surface area is 119 Å². The molecule has 5 nitrogen and oxygen atoms in total. The van der Waals surface area contributed by atoms with E-state index in [0.717, 1.165) is 25.8 Å². The monoisotopic (exact) mass is 275 g/mol. The third-order valence-electron chi connectivity index (χ3n) is 3.76. The SMILES string of the molecule is CCC1CCCCN1C(=O)c1ccc(NC(N)=O)cc1. The number of likely N-dealkylation sites (tertiary alicyclic amines) is 1. The highest BCUT2D eigenvalue weighted by atomic mass is 16.2. The van der Waals surface area contributed by atoms with Crippen LogP contribution in [0.2, 0.25) is 0 Å². The number of primary amides is 1. The average molecular weight is 275 g/mol. The second-order valence-corrected chi connectivity index (χ2v) is 5.12. The van der Waals surface area contributed by atoms with E-state index >= 15 is 0 Å². The van der Waals surface area contributed by atoms with Gasteiger partial charge in [0.25, 0.3) is 5.91 Å². The number of rotatable bonds is 3. The topological polar surface area (TPSA) is 75.4 Å². The predicted molar refractivity (Wildman–Crippen MR) is 78.6 cm³/mol. The van der Waals surface area contributed by atoms with Gasteiger partial charge in [0.15, 0.2) is 0 Å². The van der Waals surface area contributed by atoms with Gasteiger partial charge in [0.05, 0.1) is 0 Å². The minimum absolute atomic E-state index is 0.0715. The molecule has 1 heterocycles. The van der Waals surface area contributed by atoms with Crippen LogP contribution in [0.3, 0.4) is 0 Å². The molecule has 5 heteroatoms. The van der Waals surface area contributed by atoms with E-state index in [1.165, 1.54) is 6.42 Å². The number of nitrogens with zero attached hydrogens (tertiary/aromatic N) is 1. The smallest absolute Gasteiger partial charge is 0.316 e. The lowest BCUT2D eigenvalue weighted by Gasteiger charge is -2.35. The van der Waals surface area contributed by atoms with Crippen LogP contribution >= 0.6 is 0 Å². The van der Waals surface area contributed by atoms with E-state index in [9.17, 15) is 9.59 Å². The zero-order chi connectivity index (χ0) is 14.5. The second-order valence-electron chi connectivity index (χ2n) is 5.12. The Kier molecular flexibility index (Phi) is 4.61. The number of nitrogens with two attached hydrogens (primary N) is 1. The van der Waals surface area contributed by atoms with Crippen molar-refractivity contribution in [3.63, 3.8) is 0 Å². The number of amides is 3. The van der Waals surface area contributed by atoms with Crippen molar-refractivity contribution in [2.75, 3.05) is 11.9 Å². The number of hydrogen-bond donors (Lipinski definition) is 2. The summed E-state index contributed by atoms with van der Waals surface area (Å²) in [6.45, 7) is 2.95. The maximum atomic E-state index is 12.5. The van der Waals surface area contributed by atoms with Gasteiger partial charge in [-0.2, -0.15) is 0 Å². The fourth-order valence-corrected chi connectivity index (χ4v) is 2.70. The molecular formula is C15H21N3O2. The minimum atomic E-state index is -0.605. The Morgan fingerprint density at radius 2 is 2.00 bits per heavy atom. The third kappa shape index (κ3) is 3.29. The predicted octanol–water partition coefficient (Wildman–Crippen LogP) is 2.58. The van der Waals surface area contributed by atoms with Gasteiger partial charge in [0.1, 0.15) is 0 Å². The molecule has 1 unspecified atom stereocenters. The second kappa shape index (κ2) is 6.41. The number of nitrogens with one attached hydrogen (secondary N) is 1. The number of benzene rings is 1. The summed E-state index contributed by atoms with van der Waals surface area (Å²) in [6.07, 6.45) is 4.35. The van der Waals surface area contributed by atoms with E-state index in [-0.39, 0.29) is 5.91 Å². The molecule has 1 aliphatic heterocycles. The summed E-state index contributed by atoms with van der Waals surface area (Å²) in [6, 6.07) is 6.60. The van der Waals surface area contributed by atoms with Gasteiger partial charge >= 0.3 is 6.03 Å². The first kappa shape index (κ1) is 14.4. The van der Waals surface area contributed by atoms with Gasteiger partial charge in [-0.1, -0.05) is 6.92 Å². The molecular weight excluding hydrogens is 254 g/mol. The van der Waals surface area contributed by atoms with Crippen molar-refractivity contribution in [2.45, 2.75) is 38.6 Å². The van der Waals surface area contributed by atoms with Crippen molar-refractivity contribution < 1.29 is 9.59 Å². The lowest BCUT2D eigenvalue weighted by atomic mass is 9.99. The van der Waals surface area contributed by atoms with E-state index in [1.54, 1.807) is 24.3 Å². The summed E-state index contributed by atoms with van der Waals surface area (Å²) < 4.78 is 0. The van der Waals surface area contributed by atoms with Crippen LogP contribution < -0.4 is 11.1 Å². The fourth-order valence-electron chi connectivity index (χ4n) is 2.70. The molecule has 2 rings (SSSR count). The van der Waals surface area contributed by atoms with Crippen molar-refractivity contribution in [3.8, 4) is 0 Å². The molecule has 108 valence electrons.